The number of likely N-dealkylation sites (tertiary alicyclic amines) is 1. The second-order valence-electron chi connectivity index (χ2n) is 7.91. The van der Waals surface area contributed by atoms with Gasteiger partial charge in [-0.25, -0.2) is 0 Å². The smallest absolute Gasteiger partial charge is 0.251 e. The number of nitriles is 1. The first kappa shape index (κ1) is 21.0. The number of benzene rings is 1. The number of nitrogens with zero attached hydrogens (tertiary/aromatic N) is 4. The van der Waals surface area contributed by atoms with Crippen molar-refractivity contribution >= 4 is 11.0 Å². The lowest BCUT2D eigenvalue weighted by molar-refractivity contribution is 0.191. The second-order valence-corrected chi connectivity index (χ2v) is 7.91. The molecule has 0 spiro atoms. The zero-order valence-corrected chi connectivity index (χ0v) is 17.8. The first-order chi connectivity index (χ1) is 15.2. The highest BCUT2D eigenvalue weighted by molar-refractivity contribution is 5.75. The Hall–Kier alpha value is -3.21. The third kappa shape index (κ3) is 5.10. The monoisotopic (exact) mass is 417 g/mol. The van der Waals surface area contributed by atoms with Crippen LogP contribution in [0.5, 0.6) is 5.75 Å². The van der Waals surface area contributed by atoms with E-state index in [0.717, 1.165) is 50.1 Å². The fourth-order valence-electron chi connectivity index (χ4n) is 4.05. The molecule has 1 aliphatic heterocycles. The Morgan fingerprint density at radius 1 is 1.16 bits per heavy atom. The minimum Gasteiger partial charge on any atom is -0.495 e. The van der Waals surface area contributed by atoms with Gasteiger partial charge >= 0.3 is 0 Å². The molecule has 1 fully saturated rings. The summed E-state index contributed by atoms with van der Waals surface area (Å²) in [7, 11) is 1.60. The van der Waals surface area contributed by atoms with E-state index < -0.39 is 0 Å². The van der Waals surface area contributed by atoms with Gasteiger partial charge in [0.1, 0.15) is 5.75 Å². The topological polar surface area (TPSA) is 83.2 Å². The van der Waals surface area contributed by atoms with Crippen molar-refractivity contribution in [3.05, 3.63) is 70.1 Å². The van der Waals surface area contributed by atoms with Crippen LogP contribution >= 0.6 is 0 Å². The quantitative estimate of drug-likeness (QED) is 0.636. The van der Waals surface area contributed by atoms with Crippen LogP contribution in [0.1, 0.15) is 24.0 Å². The van der Waals surface area contributed by atoms with Crippen molar-refractivity contribution in [2.24, 2.45) is 0 Å². The number of piperidine rings is 1. The molecule has 7 heteroatoms. The highest BCUT2D eigenvalue weighted by Gasteiger charge is 2.19. The molecule has 1 aromatic carbocycles. The fraction of sp³-hybridized carbons (Fsp3) is 0.375. The highest BCUT2D eigenvalue weighted by atomic mass is 16.5. The van der Waals surface area contributed by atoms with E-state index in [-0.39, 0.29) is 5.56 Å². The summed E-state index contributed by atoms with van der Waals surface area (Å²) in [5.74, 6) is 0.654. The molecular weight excluding hydrogens is 390 g/mol. The molecule has 2 aromatic heterocycles. The normalized spacial score (nSPS) is 15.1. The van der Waals surface area contributed by atoms with Crippen LogP contribution in [0.15, 0.2) is 53.5 Å². The predicted octanol–water partition coefficient (Wildman–Crippen LogP) is 2.53. The predicted molar refractivity (Wildman–Crippen MR) is 120 cm³/mol. The average Bonchev–Trinajstić information content (AvgIpc) is 2.82. The largest absolute Gasteiger partial charge is 0.495 e. The van der Waals surface area contributed by atoms with Crippen molar-refractivity contribution in [3.63, 3.8) is 0 Å². The van der Waals surface area contributed by atoms with Crippen LogP contribution in [0, 0.1) is 11.3 Å². The summed E-state index contributed by atoms with van der Waals surface area (Å²) < 4.78 is 7.07. The molecule has 0 aliphatic carbocycles. The first-order valence-electron chi connectivity index (χ1n) is 10.6. The minimum atomic E-state index is -0.0125. The van der Waals surface area contributed by atoms with E-state index in [2.05, 4.69) is 21.3 Å². The lowest BCUT2D eigenvalue weighted by Crippen LogP contribution is -2.43. The van der Waals surface area contributed by atoms with E-state index >= 15 is 0 Å². The Bertz CT molecular complexity index is 1130. The maximum atomic E-state index is 12.5. The van der Waals surface area contributed by atoms with Crippen molar-refractivity contribution in [2.45, 2.75) is 32.0 Å². The Morgan fingerprint density at radius 2 is 1.94 bits per heavy atom. The molecule has 3 heterocycles. The molecule has 160 valence electrons. The molecule has 3 aromatic rings. The Morgan fingerprint density at radius 3 is 2.65 bits per heavy atom. The summed E-state index contributed by atoms with van der Waals surface area (Å²) in [4.78, 5) is 19.3. The van der Waals surface area contributed by atoms with E-state index in [4.69, 9.17) is 10.00 Å². The number of methoxy groups -OCH3 is 1. The van der Waals surface area contributed by atoms with Gasteiger partial charge in [-0.3, -0.25) is 9.78 Å². The van der Waals surface area contributed by atoms with E-state index in [0.29, 0.717) is 23.9 Å². The van der Waals surface area contributed by atoms with Gasteiger partial charge in [-0.1, -0.05) is 12.1 Å². The van der Waals surface area contributed by atoms with Crippen molar-refractivity contribution in [1.29, 1.82) is 5.26 Å². The molecule has 0 saturated carbocycles. The fourth-order valence-corrected chi connectivity index (χ4v) is 4.05. The highest BCUT2D eigenvalue weighted by Crippen LogP contribution is 2.17. The zero-order chi connectivity index (χ0) is 21.6. The summed E-state index contributed by atoms with van der Waals surface area (Å²) in [6, 6.07) is 15.6. The Balaban J connectivity index is 1.30. The maximum absolute atomic E-state index is 12.5. The molecule has 1 saturated heterocycles. The summed E-state index contributed by atoms with van der Waals surface area (Å²) in [5, 5.41) is 12.5. The standard InChI is InChI=1S/C24H27N5O2/c1-31-21-14-23-22(27-17-21)6-7-24(30)29(23)13-12-28-10-8-20(9-11-28)26-16-19-4-2-18(15-25)3-5-19/h2-7,14,17,20,26H,8-13,16H2,1H3. The Labute approximate surface area is 181 Å². The third-order valence-corrected chi connectivity index (χ3v) is 5.95. The number of hydrogen-bond acceptors (Lipinski definition) is 6. The molecule has 0 bridgehead atoms. The average molecular weight is 418 g/mol. The minimum absolute atomic E-state index is 0.0125. The third-order valence-electron chi connectivity index (χ3n) is 5.95. The van der Waals surface area contributed by atoms with Gasteiger partial charge in [0.05, 0.1) is 36.0 Å². The van der Waals surface area contributed by atoms with Gasteiger partial charge in [0.25, 0.3) is 5.56 Å². The molecule has 1 aliphatic rings. The van der Waals surface area contributed by atoms with Crippen molar-refractivity contribution < 1.29 is 4.74 Å². The second kappa shape index (κ2) is 9.73. The first-order valence-corrected chi connectivity index (χ1v) is 10.6. The number of hydrogen-bond donors (Lipinski definition) is 1. The van der Waals surface area contributed by atoms with Gasteiger partial charge in [-0.2, -0.15) is 5.26 Å². The molecule has 7 nitrogen and oxygen atoms in total. The molecule has 4 rings (SSSR count). The Kier molecular flexibility index (Phi) is 6.60. The van der Waals surface area contributed by atoms with Gasteiger partial charge in [0, 0.05) is 37.8 Å². The van der Waals surface area contributed by atoms with E-state index in [9.17, 15) is 4.79 Å². The summed E-state index contributed by atoms with van der Waals surface area (Å²) >= 11 is 0. The molecule has 0 atom stereocenters. The molecule has 1 N–H and O–H groups in total. The molecule has 0 radical (unpaired) electrons. The van der Waals surface area contributed by atoms with E-state index in [1.54, 1.807) is 30.0 Å². The van der Waals surface area contributed by atoms with Crippen LogP contribution in [-0.2, 0) is 13.1 Å². The summed E-state index contributed by atoms with van der Waals surface area (Å²) in [5.41, 5.74) is 3.48. The van der Waals surface area contributed by atoms with Crippen LogP contribution < -0.4 is 15.6 Å². The number of fused-ring (bicyclic) bond motifs is 1. The van der Waals surface area contributed by atoms with Gasteiger partial charge in [0.15, 0.2) is 0 Å². The lowest BCUT2D eigenvalue weighted by Gasteiger charge is -2.32. The number of pyridine rings is 2. The molecular formula is C24H27N5O2. The number of nitrogens with one attached hydrogen (secondary N) is 1. The summed E-state index contributed by atoms with van der Waals surface area (Å²) in [6.07, 6.45) is 3.83. The van der Waals surface area contributed by atoms with Crippen molar-refractivity contribution in [3.8, 4) is 11.8 Å². The van der Waals surface area contributed by atoms with E-state index in [1.165, 1.54) is 5.56 Å². The molecule has 31 heavy (non-hydrogen) atoms. The number of ether oxygens (including phenoxy) is 1. The van der Waals surface area contributed by atoms with Gasteiger partial charge < -0.3 is 19.5 Å². The summed E-state index contributed by atoms with van der Waals surface area (Å²) in [6.45, 7) is 4.29. The molecule has 0 amide bonds. The van der Waals surface area contributed by atoms with Crippen molar-refractivity contribution in [1.82, 2.24) is 19.8 Å². The van der Waals surface area contributed by atoms with E-state index in [1.807, 2.05) is 30.3 Å². The van der Waals surface area contributed by atoms with Crippen LogP contribution in [0.3, 0.4) is 0 Å². The van der Waals surface area contributed by atoms with Gasteiger partial charge in [-0.05, 0) is 49.7 Å². The SMILES string of the molecule is COc1cnc2ccc(=O)n(CCN3CCC(NCc4ccc(C#N)cc4)CC3)c2c1. The maximum Gasteiger partial charge on any atom is 0.251 e. The van der Waals surface area contributed by atoms with Crippen LogP contribution in [0.25, 0.3) is 11.0 Å². The van der Waals surface area contributed by atoms with Crippen LogP contribution in [0.2, 0.25) is 0 Å². The molecule has 0 unspecified atom stereocenters. The van der Waals surface area contributed by atoms with Crippen LogP contribution in [-0.4, -0.2) is 47.2 Å². The van der Waals surface area contributed by atoms with Gasteiger partial charge in [-0.15, -0.1) is 0 Å². The lowest BCUT2D eigenvalue weighted by atomic mass is 10.0. The van der Waals surface area contributed by atoms with Crippen LogP contribution in [0.4, 0.5) is 0 Å². The zero-order valence-electron chi connectivity index (χ0n) is 17.8. The van der Waals surface area contributed by atoms with Gasteiger partial charge in [0.2, 0.25) is 0 Å². The number of rotatable bonds is 7. The number of aromatic nitrogens is 2. The van der Waals surface area contributed by atoms with Crippen molar-refractivity contribution in [2.75, 3.05) is 26.7 Å².